The maximum atomic E-state index is 6.37. The van der Waals surface area contributed by atoms with Crippen LogP contribution in [0.15, 0.2) is 150 Å². The van der Waals surface area contributed by atoms with Crippen LogP contribution in [0.2, 0.25) is 0 Å². The van der Waals surface area contributed by atoms with Crippen LogP contribution in [0.1, 0.15) is 0 Å². The summed E-state index contributed by atoms with van der Waals surface area (Å²) in [7, 11) is 0. The van der Waals surface area contributed by atoms with E-state index < -0.39 is 0 Å². The van der Waals surface area contributed by atoms with Gasteiger partial charge < -0.3 is 9.32 Å². The first-order chi connectivity index (χ1) is 22.8. The molecule has 3 heterocycles. The van der Waals surface area contributed by atoms with Crippen molar-refractivity contribution in [2.24, 2.45) is 0 Å². The van der Waals surface area contributed by atoms with Crippen LogP contribution >= 0.6 is 22.7 Å². The van der Waals surface area contributed by atoms with Gasteiger partial charge in [0.05, 0.1) is 0 Å². The van der Waals surface area contributed by atoms with E-state index in [9.17, 15) is 0 Å². The number of fused-ring (bicyclic) bond motifs is 9. The van der Waals surface area contributed by atoms with Crippen molar-refractivity contribution >= 4 is 102 Å². The lowest BCUT2D eigenvalue weighted by atomic mass is 10.1. The summed E-state index contributed by atoms with van der Waals surface area (Å²) in [6.07, 6.45) is 0. The smallest absolute Gasteiger partial charge is 0.227 e. The number of nitrogens with zero attached hydrogens (tertiary/aromatic N) is 2. The fourth-order valence-corrected chi connectivity index (χ4v) is 8.92. The van der Waals surface area contributed by atoms with Gasteiger partial charge in [0.2, 0.25) is 5.89 Å². The zero-order valence-electron chi connectivity index (χ0n) is 24.5. The van der Waals surface area contributed by atoms with Crippen LogP contribution in [0, 0.1) is 0 Å². The van der Waals surface area contributed by atoms with Crippen LogP contribution in [0.25, 0.3) is 73.7 Å². The second kappa shape index (κ2) is 10.0. The van der Waals surface area contributed by atoms with E-state index in [1.54, 1.807) is 0 Å². The maximum Gasteiger partial charge on any atom is 0.227 e. The third kappa shape index (κ3) is 3.99. The molecule has 10 rings (SSSR count). The van der Waals surface area contributed by atoms with E-state index >= 15 is 0 Å². The molecule has 10 aromatic rings. The van der Waals surface area contributed by atoms with Crippen LogP contribution in [-0.2, 0) is 0 Å². The highest BCUT2D eigenvalue weighted by Crippen LogP contribution is 2.44. The van der Waals surface area contributed by atoms with Crippen molar-refractivity contribution in [2.45, 2.75) is 0 Å². The first-order valence-corrected chi connectivity index (χ1v) is 16.9. The molecule has 0 atom stereocenters. The number of anilines is 3. The topological polar surface area (TPSA) is 29.3 Å². The molecule has 0 unspecified atom stereocenters. The molecule has 0 N–H and O–H groups in total. The van der Waals surface area contributed by atoms with Gasteiger partial charge in [0.15, 0.2) is 5.58 Å². The van der Waals surface area contributed by atoms with E-state index in [-0.39, 0.29) is 0 Å². The van der Waals surface area contributed by atoms with Crippen LogP contribution in [0.4, 0.5) is 17.1 Å². The molecule has 0 amide bonds. The molecule has 216 valence electrons. The van der Waals surface area contributed by atoms with Crippen molar-refractivity contribution in [2.75, 3.05) is 4.90 Å². The first kappa shape index (κ1) is 25.8. The Kier molecular flexibility index (Phi) is 5.61. The molecule has 0 saturated heterocycles. The molecule has 5 heteroatoms. The molecule has 0 aliphatic rings. The fourth-order valence-electron chi connectivity index (χ4n) is 6.70. The second-order valence-electron chi connectivity index (χ2n) is 11.6. The average Bonchev–Trinajstić information content (AvgIpc) is 3.82. The minimum Gasteiger partial charge on any atom is -0.435 e. The Bertz CT molecular complexity index is 2770. The lowest BCUT2D eigenvalue weighted by Crippen LogP contribution is -2.09. The monoisotopic (exact) mass is 624 g/mol. The van der Waals surface area contributed by atoms with Crippen molar-refractivity contribution in [3.05, 3.63) is 146 Å². The molecule has 0 aliphatic heterocycles. The largest absolute Gasteiger partial charge is 0.435 e. The molecule has 3 aromatic heterocycles. The summed E-state index contributed by atoms with van der Waals surface area (Å²) in [6, 6.07) is 52.1. The number of oxazole rings is 1. The normalized spacial score (nSPS) is 11.9. The molecule has 0 saturated carbocycles. The lowest BCUT2D eigenvalue weighted by Gasteiger charge is -2.26. The number of aromatic nitrogens is 1. The lowest BCUT2D eigenvalue weighted by molar-refractivity contribution is 0.623. The van der Waals surface area contributed by atoms with Gasteiger partial charge in [-0.3, -0.25) is 0 Å². The van der Waals surface area contributed by atoms with Crippen molar-refractivity contribution in [1.82, 2.24) is 4.98 Å². The van der Waals surface area contributed by atoms with Crippen molar-refractivity contribution in [3.63, 3.8) is 0 Å². The Labute approximate surface area is 272 Å². The van der Waals surface area contributed by atoms with Gasteiger partial charge in [-0.25, -0.2) is 4.98 Å². The van der Waals surface area contributed by atoms with E-state index in [1.807, 2.05) is 53.0 Å². The molecular weight excluding hydrogens is 601 g/mol. The third-order valence-electron chi connectivity index (χ3n) is 8.87. The van der Waals surface area contributed by atoms with E-state index in [1.165, 1.54) is 40.3 Å². The Morgan fingerprint density at radius 1 is 0.457 bits per heavy atom. The second-order valence-corrected chi connectivity index (χ2v) is 13.8. The number of hydrogen-bond donors (Lipinski definition) is 0. The molecule has 7 aromatic carbocycles. The van der Waals surface area contributed by atoms with Gasteiger partial charge >= 0.3 is 0 Å². The molecule has 3 nitrogen and oxygen atoms in total. The van der Waals surface area contributed by atoms with Gasteiger partial charge in [0.1, 0.15) is 5.52 Å². The Balaban J connectivity index is 1.18. The van der Waals surface area contributed by atoms with Crippen molar-refractivity contribution in [1.29, 1.82) is 0 Å². The standard InChI is InChI=1S/C41H24N2OS2/c1-2-8-25(9-3-1)41-42-35-20-14-26-22-27(15-18-30(26)40(35)44-41)43(28-17-21-38-34(23-28)32-11-5-7-13-37(32)45-38)29-16-19-33-31-10-4-6-12-36(31)46-39(33)24-29/h1-24H. The highest BCUT2D eigenvalue weighted by atomic mass is 32.1. The highest BCUT2D eigenvalue weighted by molar-refractivity contribution is 7.26. The molecule has 0 spiro atoms. The van der Waals surface area contributed by atoms with Crippen molar-refractivity contribution < 1.29 is 4.42 Å². The summed E-state index contributed by atoms with van der Waals surface area (Å²) < 4.78 is 11.6. The van der Waals surface area contributed by atoms with Gasteiger partial charge in [0.25, 0.3) is 0 Å². The Morgan fingerprint density at radius 3 is 1.89 bits per heavy atom. The Hall–Kier alpha value is -5.49. The fraction of sp³-hybridized carbons (Fsp3) is 0. The summed E-state index contributed by atoms with van der Waals surface area (Å²) in [4.78, 5) is 7.19. The molecule has 46 heavy (non-hydrogen) atoms. The predicted molar refractivity (Wildman–Crippen MR) is 197 cm³/mol. The van der Waals surface area contributed by atoms with Crippen molar-refractivity contribution in [3.8, 4) is 11.5 Å². The van der Waals surface area contributed by atoms with E-state index in [0.29, 0.717) is 5.89 Å². The van der Waals surface area contributed by atoms with E-state index in [4.69, 9.17) is 9.40 Å². The van der Waals surface area contributed by atoms with Crippen LogP contribution in [0.3, 0.4) is 0 Å². The van der Waals surface area contributed by atoms with Gasteiger partial charge in [-0.15, -0.1) is 22.7 Å². The summed E-state index contributed by atoms with van der Waals surface area (Å²) in [6.45, 7) is 0. The number of rotatable bonds is 4. The SMILES string of the molecule is c1ccc(-c2nc3ccc4cc(N(c5ccc6c(c5)sc5ccccc56)c5ccc6sc7ccccc7c6c5)ccc4c3o2)cc1. The van der Waals surface area contributed by atoms with Gasteiger partial charge in [-0.1, -0.05) is 66.7 Å². The molecule has 0 bridgehead atoms. The van der Waals surface area contributed by atoms with E-state index in [0.717, 1.165) is 44.5 Å². The minimum absolute atomic E-state index is 0.640. The van der Waals surface area contributed by atoms with Crippen LogP contribution < -0.4 is 4.90 Å². The Morgan fingerprint density at radius 2 is 1.07 bits per heavy atom. The van der Waals surface area contributed by atoms with E-state index in [2.05, 4.69) is 120 Å². The molecule has 0 radical (unpaired) electrons. The summed E-state index contributed by atoms with van der Waals surface area (Å²) in [5.41, 5.74) is 6.00. The quantitative estimate of drug-likeness (QED) is 0.195. The predicted octanol–water partition coefficient (Wildman–Crippen LogP) is 12.9. The molecular formula is C41H24N2OS2. The van der Waals surface area contributed by atoms with Gasteiger partial charge in [-0.05, 0) is 84.2 Å². The molecule has 0 fully saturated rings. The average molecular weight is 625 g/mol. The number of thiophene rings is 2. The first-order valence-electron chi connectivity index (χ1n) is 15.3. The van der Waals surface area contributed by atoms with Crippen LogP contribution in [-0.4, -0.2) is 4.98 Å². The summed E-state index contributed by atoms with van der Waals surface area (Å²) >= 11 is 3.70. The number of hydrogen-bond acceptors (Lipinski definition) is 5. The van der Waals surface area contributed by atoms with Gasteiger partial charge in [0, 0.05) is 68.4 Å². The zero-order chi connectivity index (χ0) is 30.2. The summed E-state index contributed by atoms with van der Waals surface area (Å²) in [5.74, 6) is 0.640. The third-order valence-corrected chi connectivity index (χ3v) is 11.2. The highest BCUT2D eigenvalue weighted by Gasteiger charge is 2.18. The molecule has 0 aliphatic carbocycles. The maximum absolute atomic E-state index is 6.37. The number of benzene rings is 7. The summed E-state index contributed by atoms with van der Waals surface area (Å²) in [5, 5.41) is 7.34. The minimum atomic E-state index is 0.640. The van der Waals surface area contributed by atoms with Crippen LogP contribution in [0.5, 0.6) is 0 Å². The zero-order valence-corrected chi connectivity index (χ0v) is 26.1. The van der Waals surface area contributed by atoms with Gasteiger partial charge in [-0.2, -0.15) is 0 Å².